The Morgan fingerprint density at radius 1 is 1.14 bits per heavy atom. The van der Waals surface area contributed by atoms with Gasteiger partial charge >= 0.3 is 11.9 Å². The van der Waals surface area contributed by atoms with Gasteiger partial charge in [-0.15, -0.1) is 0 Å². The molecule has 0 bridgehead atoms. The molecule has 0 saturated heterocycles. The highest BCUT2D eigenvalue weighted by atomic mass is 16.4. The molecule has 0 amide bonds. The van der Waals surface area contributed by atoms with Gasteiger partial charge in [0.05, 0.1) is 0 Å². The van der Waals surface area contributed by atoms with Gasteiger partial charge in [-0.2, -0.15) is 0 Å². The maximum atomic E-state index is 10.2. The smallest absolute Gasteiger partial charge is 0.320 e. The van der Waals surface area contributed by atoms with Crippen LogP contribution in [-0.4, -0.2) is 57.8 Å². The molecule has 11 nitrogen and oxygen atoms in total. The van der Waals surface area contributed by atoms with Gasteiger partial charge in [0.1, 0.15) is 12.1 Å². The van der Waals surface area contributed by atoms with Crippen molar-refractivity contribution in [3.05, 3.63) is 0 Å². The lowest BCUT2D eigenvalue weighted by Crippen LogP contribution is -2.34. The van der Waals surface area contributed by atoms with Gasteiger partial charge in [0, 0.05) is 13.5 Å². The molecule has 0 aliphatic carbocycles. The predicted molar refractivity (Wildman–Crippen MR) is 79.4 cm³/mol. The monoisotopic (exact) mass is 323 g/mol. The molecule has 0 aliphatic rings. The second-order valence-corrected chi connectivity index (χ2v) is 4.07. The van der Waals surface area contributed by atoms with Crippen molar-refractivity contribution in [3.63, 3.8) is 0 Å². The second-order valence-electron chi connectivity index (χ2n) is 4.07. The number of carboxylic acids is 3. The second kappa shape index (κ2) is 15.0. The highest BCUT2D eigenvalue weighted by Gasteiger charge is 2.09. The molecule has 22 heavy (non-hydrogen) atoms. The third-order valence-electron chi connectivity index (χ3n) is 1.71. The predicted octanol–water partition coefficient (Wildman–Crippen LogP) is -1.83. The lowest BCUT2D eigenvalue weighted by molar-refractivity contribution is -0.139. The Bertz CT molecular complexity index is 357. The SMILES string of the molecule is CC(=O)O.CC(N)C(=O)O.N=C(N)NCCCC(N)C(=O)O. The number of carboxylic acid groups (broad SMARTS) is 3. The summed E-state index contributed by atoms with van der Waals surface area (Å²) in [7, 11) is 0. The third-order valence-corrected chi connectivity index (χ3v) is 1.71. The Hall–Kier alpha value is -2.40. The molecular formula is C11H25N5O6. The molecule has 0 spiro atoms. The lowest BCUT2D eigenvalue weighted by atomic mass is 10.2. The molecule has 0 radical (unpaired) electrons. The Labute approximate surface area is 128 Å². The third kappa shape index (κ3) is 30.5. The summed E-state index contributed by atoms with van der Waals surface area (Å²) in [5, 5.41) is 33.0. The van der Waals surface area contributed by atoms with E-state index >= 15 is 0 Å². The molecule has 130 valence electrons. The quantitative estimate of drug-likeness (QED) is 0.155. The molecule has 2 unspecified atom stereocenters. The number of aliphatic carboxylic acids is 3. The molecule has 2 atom stereocenters. The summed E-state index contributed by atoms with van der Waals surface area (Å²) in [6.07, 6.45) is 0.975. The summed E-state index contributed by atoms with van der Waals surface area (Å²) in [4.78, 5) is 28.8. The Balaban J connectivity index is -0.000000300. The van der Waals surface area contributed by atoms with Crippen LogP contribution >= 0.6 is 0 Å². The van der Waals surface area contributed by atoms with Crippen molar-refractivity contribution in [1.29, 1.82) is 5.41 Å². The van der Waals surface area contributed by atoms with Crippen molar-refractivity contribution in [1.82, 2.24) is 5.32 Å². The van der Waals surface area contributed by atoms with Crippen LogP contribution in [0.5, 0.6) is 0 Å². The first-order chi connectivity index (χ1) is 9.91. The molecule has 0 rings (SSSR count). The number of guanidine groups is 1. The van der Waals surface area contributed by atoms with E-state index in [-0.39, 0.29) is 5.96 Å². The minimum atomic E-state index is -1.00. The van der Waals surface area contributed by atoms with Crippen molar-refractivity contribution in [3.8, 4) is 0 Å². The van der Waals surface area contributed by atoms with Crippen LogP contribution in [0.2, 0.25) is 0 Å². The molecule has 0 saturated carbocycles. The highest BCUT2D eigenvalue weighted by Crippen LogP contribution is 1.92. The van der Waals surface area contributed by atoms with Crippen LogP contribution in [0.25, 0.3) is 0 Å². The van der Waals surface area contributed by atoms with E-state index in [4.69, 9.17) is 42.7 Å². The lowest BCUT2D eigenvalue weighted by Gasteiger charge is -2.06. The normalized spacial score (nSPS) is 11.5. The van der Waals surface area contributed by atoms with Crippen molar-refractivity contribution in [2.24, 2.45) is 17.2 Å². The van der Waals surface area contributed by atoms with Crippen molar-refractivity contribution in [2.75, 3.05) is 6.54 Å². The summed E-state index contributed by atoms with van der Waals surface area (Å²) < 4.78 is 0. The van der Waals surface area contributed by atoms with Gasteiger partial charge in [-0.1, -0.05) is 0 Å². The first-order valence-electron chi connectivity index (χ1n) is 6.16. The number of hydrogen-bond donors (Lipinski definition) is 8. The summed E-state index contributed by atoms with van der Waals surface area (Å²) in [6, 6.07) is -1.55. The van der Waals surface area contributed by atoms with Crippen LogP contribution in [0, 0.1) is 5.41 Å². The molecule has 11 N–H and O–H groups in total. The van der Waals surface area contributed by atoms with E-state index < -0.39 is 30.0 Å². The fraction of sp³-hybridized carbons (Fsp3) is 0.636. The summed E-state index contributed by atoms with van der Waals surface area (Å²) in [5.41, 5.74) is 15.1. The van der Waals surface area contributed by atoms with Gasteiger partial charge < -0.3 is 37.8 Å². The minimum absolute atomic E-state index is 0.112. The van der Waals surface area contributed by atoms with E-state index in [1.807, 2.05) is 0 Å². The fourth-order valence-corrected chi connectivity index (χ4v) is 0.669. The van der Waals surface area contributed by atoms with Crippen molar-refractivity contribution in [2.45, 2.75) is 38.8 Å². The van der Waals surface area contributed by atoms with Crippen molar-refractivity contribution < 1.29 is 29.7 Å². The standard InChI is InChI=1S/C6H14N4O2.C3H7NO2.C2H4O2/c7-4(5(11)12)2-1-3-10-6(8)9;1-2(4)3(5)6;1-2(3)4/h4H,1-3,7H2,(H,11,12)(H4,8,9,10);2H,4H2,1H3,(H,5,6);1H3,(H,3,4). The van der Waals surface area contributed by atoms with E-state index in [2.05, 4.69) is 5.32 Å². The average molecular weight is 323 g/mol. The van der Waals surface area contributed by atoms with Crippen LogP contribution in [0.15, 0.2) is 0 Å². The summed E-state index contributed by atoms with van der Waals surface area (Å²) in [6.45, 7) is 2.98. The van der Waals surface area contributed by atoms with Gasteiger partial charge in [-0.25, -0.2) is 0 Å². The molecule has 0 aromatic rings. The van der Waals surface area contributed by atoms with Gasteiger partial charge in [0.25, 0.3) is 5.97 Å². The molecule has 11 heteroatoms. The summed E-state index contributed by atoms with van der Waals surface area (Å²) in [5.74, 6) is -2.91. The van der Waals surface area contributed by atoms with Crippen LogP contribution in [0.4, 0.5) is 0 Å². The molecule has 0 fully saturated rings. The molecular weight excluding hydrogens is 298 g/mol. The largest absolute Gasteiger partial charge is 0.481 e. The van der Waals surface area contributed by atoms with E-state index in [1.165, 1.54) is 6.92 Å². The zero-order valence-electron chi connectivity index (χ0n) is 12.6. The fourth-order valence-electron chi connectivity index (χ4n) is 0.669. The first kappa shape index (κ1) is 24.6. The molecule has 0 heterocycles. The van der Waals surface area contributed by atoms with Gasteiger partial charge in [0.15, 0.2) is 5.96 Å². The molecule has 0 aromatic heterocycles. The van der Waals surface area contributed by atoms with Gasteiger partial charge in [0.2, 0.25) is 0 Å². The van der Waals surface area contributed by atoms with Gasteiger partial charge in [-0.05, 0) is 19.8 Å². The highest BCUT2D eigenvalue weighted by molar-refractivity contribution is 5.74. The number of carbonyl (C=O) groups is 3. The topological polar surface area (TPSA) is 226 Å². The Morgan fingerprint density at radius 2 is 1.50 bits per heavy atom. The zero-order chi connectivity index (χ0) is 18.3. The van der Waals surface area contributed by atoms with E-state index in [0.717, 1.165) is 6.92 Å². The van der Waals surface area contributed by atoms with Crippen LogP contribution in [0.1, 0.15) is 26.7 Å². The Morgan fingerprint density at radius 3 is 1.73 bits per heavy atom. The summed E-state index contributed by atoms with van der Waals surface area (Å²) >= 11 is 0. The van der Waals surface area contributed by atoms with Crippen LogP contribution in [0.3, 0.4) is 0 Å². The maximum absolute atomic E-state index is 10.2. The first-order valence-corrected chi connectivity index (χ1v) is 6.16. The number of nitrogens with two attached hydrogens (primary N) is 3. The Kier molecular flexibility index (Phi) is 16.8. The number of nitrogens with one attached hydrogen (secondary N) is 2. The van der Waals surface area contributed by atoms with Gasteiger partial charge in [-0.3, -0.25) is 19.8 Å². The zero-order valence-corrected chi connectivity index (χ0v) is 12.6. The average Bonchev–Trinajstić information content (AvgIpc) is 2.33. The van der Waals surface area contributed by atoms with E-state index in [0.29, 0.717) is 19.4 Å². The van der Waals surface area contributed by atoms with Crippen LogP contribution < -0.4 is 22.5 Å². The van der Waals surface area contributed by atoms with E-state index in [9.17, 15) is 9.59 Å². The van der Waals surface area contributed by atoms with Crippen LogP contribution in [-0.2, 0) is 14.4 Å². The minimum Gasteiger partial charge on any atom is -0.481 e. The molecule has 0 aliphatic heterocycles. The number of rotatable bonds is 6. The van der Waals surface area contributed by atoms with E-state index in [1.54, 1.807) is 0 Å². The number of hydrogen-bond acceptors (Lipinski definition) is 6. The van der Waals surface area contributed by atoms with Crippen molar-refractivity contribution >= 4 is 23.9 Å². The molecule has 0 aromatic carbocycles. The maximum Gasteiger partial charge on any atom is 0.320 e.